The van der Waals surface area contributed by atoms with Crippen LogP contribution in [0, 0.1) is 0 Å². The molecule has 2 aliphatic heterocycles. The minimum atomic E-state index is 0.713. The van der Waals surface area contributed by atoms with Crippen LogP contribution in [-0.4, -0.2) is 48.6 Å². The van der Waals surface area contributed by atoms with E-state index in [9.17, 15) is 0 Å². The number of aliphatic imine (C=N–C) groups is 1. The predicted molar refractivity (Wildman–Crippen MR) is 89.2 cm³/mol. The minimum Gasteiger partial charge on any atom is -0.370 e. The van der Waals surface area contributed by atoms with Crippen molar-refractivity contribution in [1.29, 1.82) is 0 Å². The number of nitrogens with zero attached hydrogens (tertiary/aromatic N) is 4. The zero-order chi connectivity index (χ0) is 14.5. The monoisotopic (exact) mass is 307 g/mol. The molecule has 2 N–H and O–H groups in total. The van der Waals surface area contributed by atoms with Gasteiger partial charge in [0.05, 0.1) is 5.69 Å². The van der Waals surface area contributed by atoms with Gasteiger partial charge in [0, 0.05) is 44.5 Å². The van der Waals surface area contributed by atoms with Crippen molar-refractivity contribution in [2.75, 3.05) is 37.6 Å². The first-order chi connectivity index (χ1) is 10.3. The largest absolute Gasteiger partial charge is 0.370 e. The summed E-state index contributed by atoms with van der Waals surface area (Å²) in [6.07, 6.45) is 7.28. The summed E-state index contributed by atoms with van der Waals surface area (Å²) in [4.78, 5) is 13.8. The van der Waals surface area contributed by atoms with E-state index in [-0.39, 0.29) is 0 Å². The zero-order valence-electron chi connectivity index (χ0n) is 12.6. The fraction of sp³-hybridized carbons (Fsp3) is 0.733. The SMILES string of the molecule is NC(=NCCc1csc(N2CCCC2)n1)N1CCCCC1. The number of thiazole rings is 1. The molecule has 0 spiro atoms. The summed E-state index contributed by atoms with van der Waals surface area (Å²) < 4.78 is 0. The second kappa shape index (κ2) is 7.11. The van der Waals surface area contributed by atoms with Crippen LogP contribution >= 0.6 is 11.3 Å². The van der Waals surface area contributed by atoms with Crippen molar-refractivity contribution < 1.29 is 0 Å². The first-order valence-corrected chi connectivity index (χ1v) is 8.95. The Kier molecular flexibility index (Phi) is 4.95. The van der Waals surface area contributed by atoms with Gasteiger partial charge in [-0.1, -0.05) is 0 Å². The number of hydrogen-bond acceptors (Lipinski definition) is 4. The molecule has 6 heteroatoms. The maximum Gasteiger partial charge on any atom is 0.191 e. The smallest absolute Gasteiger partial charge is 0.191 e. The van der Waals surface area contributed by atoms with Crippen LogP contribution in [0.2, 0.25) is 0 Å². The summed E-state index contributed by atoms with van der Waals surface area (Å²) in [5.41, 5.74) is 7.22. The summed E-state index contributed by atoms with van der Waals surface area (Å²) in [6, 6.07) is 0. The summed E-state index contributed by atoms with van der Waals surface area (Å²) >= 11 is 1.76. The van der Waals surface area contributed by atoms with Gasteiger partial charge in [0.15, 0.2) is 11.1 Å². The van der Waals surface area contributed by atoms with Crippen molar-refractivity contribution in [2.45, 2.75) is 38.5 Å². The van der Waals surface area contributed by atoms with E-state index in [2.05, 4.69) is 20.2 Å². The number of nitrogens with two attached hydrogens (primary N) is 1. The number of anilines is 1. The van der Waals surface area contributed by atoms with Crippen LogP contribution in [0.3, 0.4) is 0 Å². The molecule has 0 aromatic carbocycles. The number of piperidine rings is 1. The minimum absolute atomic E-state index is 0.713. The van der Waals surface area contributed by atoms with E-state index >= 15 is 0 Å². The Morgan fingerprint density at radius 2 is 1.86 bits per heavy atom. The van der Waals surface area contributed by atoms with Crippen LogP contribution in [0.4, 0.5) is 5.13 Å². The van der Waals surface area contributed by atoms with Crippen LogP contribution in [0.25, 0.3) is 0 Å². The number of likely N-dealkylation sites (tertiary alicyclic amines) is 1. The van der Waals surface area contributed by atoms with Gasteiger partial charge in [-0.15, -0.1) is 11.3 Å². The Bertz CT molecular complexity index is 472. The van der Waals surface area contributed by atoms with E-state index in [0.717, 1.165) is 44.8 Å². The molecule has 3 heterocycles. The third kappa shape index (κ3) is 3.87. The molecule has 2 aliphatic rings. The summed E-state index contributed by atoms with van der Waals surface area (Å²) in [6.45, 7) is 5.18. The molecule has 0 aliphatic carbocycles. The molecular formula is C15H25N5S. The lowest BCUT2D eigenvalue weighted by Gasteiger charge is -2.27. The average molecular weight is 307 g/mol. The molecule has 0 unspecified atom stereocenters. The highest BCUT2D eigenvalue weighted by atomic mass is 32.1. The average Bonchev–Trinajstić information content (AvgIpc) is 3.19. The van der Waals surface area contributed by atoms with Gasteiger partial charge in [-0.25, -0.2) is 4.98 Å². The predicted octanol–water partition coefficient (Wildman–Crippen LogP) is 2.09. The highest BCUT2D eigenvalue weighted by molar-refractivity contribution is 7.13. The summed E-state index contributed by atoms with van der Waals surface area (Å²) in [5.74, 6) is 0.713. The van der Waals surface area contributed by atoms with Gasteiger partial charge in [-0.05, 0) is 32.1 Å². The van der Waals surface area contributed by atoms with Gasteiger partial charge >= 0.3 is 0 Å². The van der Waals surface area contributed by atoms with Gasteiger partial charge in [0.1, 0.15) is 0 Å². The number of rotatable bonds is 4. The van der Waals surface area contributed by atoms with Crippen molar-refractivity contribution in [3.8, 4) is 0 Å². The standard InChI is InChI=1S/C15H25N5S/c16-14(19-8-2-1-3-9-19)17-7-6-13-12-21-15(18-13)20-10-4-5-11-20/h12H,1-11H2,(H2,16,17). The van der Waals surface area contributed by atoms with E-state index < -0.39 is 0 Å². The lowest BCUT2D eigenvalue weighted by atomic mass is 10.1. The second-order valence-corrected chi connectivity index (χ2v) is 6.69. The highest BCUT2D eigenvalue weighted by Crippen LogP contribution is 2.24. The van der Waals surface area contributed by atoms with Gasteiger partial charge in [-0.2, -0.15) is 0 Å². The Morgan fingerprint density at radius 1 is 1.14 bits per heavy atom. The molecular weight excluding hydrogens is 282 g/mol. The van der Waals surface area contributed by atoms with E-state index in [1.54, 1.807) is 11.3 Å². The van der Waals surface area contributed by atoms with E-state index in [1.165, 1.54) is 37.2 Å². The lowest BCUT2D eigenvalue weighted by molar-refractivity contribution is 0.338. The first-order valence-electron chi connectivity index (χ1n) is 8.07. The van der Waals surface area contributed by atoms with E-state index in [0.29, 0.717) is 5.96 Å². The van der Waals surface area contributed by atoms with Crippen molar-refractivity contribution in [3.63, 3.8) is 0 Å². The zero-order valence-corrected chi connectivity index (χ0v) is 13.4. The van der Waals surface area contributed by atoms with Gasteiger partial charge in [-0.3, -0.25) is 4.99 Å². The van der Waals surface area contributed by atoms with Gasteiger partial charge < -0.3 is 15.5 Å². The van der Waals surface area contributed by atoms with Crippen LogP contribution in [0.1, 0.15) is 37.8 Å². The number of guanidine groups is 1. The maximum atomic E-state index is 6.07. The molecule has 1 aromatic rings. The molecule has 2 fully saturated rings. The van der Waals surface area contributed by atoms with Crippen molar-refractivity contribution >= 4 is 22.4 Å². The Hall–Kier alpha value is -1.30. The van der Waals surface area contributed by atoms with Crippen LogP contribution in [0.5, 0.6) is 0 Å². The highest BCUT2D eigenvalue weighted by Gasteiger charge is 2.15. The maximum absolute atomic E-state index is 6.07. The normalized spacial score (nSPS) is 20.3. The molecule has 0 amide bonds. The van der Waals surface area contributed by atoms with E-state index in [4.69, 9.17) is 10.7 Å². The lowest BCUT2D eigenvalue weighted by Crippen LogP contribution is -2.41. The third-order valence-corrected chi connectivity index (χ3v) is 5.19. The molecule has 2 saturated heterocycles. The first kappa shape index (κ1) is 14.6. The Balaban J connectivity index is 1.48. The molecule has 21 heavy (non-hydrogen) atoms. The Labute approximate surface area is 130 Å². The van der Waals surface area contributed by atoms with Crippen LogP contribution in [0.15, 0.2) is 10.4 Å². The van der Waals surface area contributed by atoms with Gasteiger partial charge in [0.2, 0.25) is 0 Å². The van der Waals surface area contributed by atoms with E-state index in [1.807, 2.05) is 0 Å². The fourth-order valence-electron chi connectivity index (χ4n) is 2.97. The summed E-state index contributed by atoms with van der Waals surface area (Å²) in [7, 11) is 0. The topological polar surface area (TPSA) is 57.8 Å². The Morgan fingerprint density at radius 3 is 2.62 bits per heavy atom. The molecule has 0 atom stereocenters. The molecule has 0 radical (unpaired) electrons. The third-order valence-electron chi connectivity index (χ3n) is 4.24. The fourth-order valence-corrected chi connectivity index (χ4v) is 3.89. The summed E-state index contributed by atoms with van der Waals surface area (Å²) in [5, 5.41) is 3.34. The van der Waals surface area contributed by atoms with Crippen LogP contribution < -0.4 is 10.6 Å². The second-order valence-electron chi connectivity index (χ2n) is 5.85. The van der Waals surface area contributed by atoms with Crippen molar-refractivity contribution in [3.05, 3.63) is 11.1 Å². The molecule has 3 rings (SSSR count). The molecule has 116 valence electrons. The molecule has 0 saturated carbocycles. The van der Waals surface area contributed by atoms with Gasteiger partial charge in [0.25, 0.3) is 0 Å². The number of hydrogen-bond donors (Lipinski definition) is 1. The molecule has 5 nitrogen and oxygen atoms in total. The molecule has 0 bridgehead atoms. The van der Waals surface area contributed by atoms with Crippen molar-refractivity contribution in [2.24, 2.45) is 10.7 Å². The molecule has 1 aromatic heterocycles. The number of aromatic nitrogens is 1. The quantitative estimate of drug-likeness (QED) is 0.683. The van der Waals surface area contributed by atoms with Crippen molar-refractivity contribution in [1.82, 2.24) is 9.88 Å². The van der Waals surface area contributed by atoms with Crippen LogP contribution in [-0.2, 0) is 6.42 Å².